The van der Waals surface area contributed by atoms with Gasteiger partial charge in [-0.1, -0.05) is 17.3 Å². The van der Waals surface area contributed by atoms with Crippen LogP contribution in [-0.2, 0) is 22.7 Å². The van der Waals surface area contributed by atoms with Crippen LogP contribution in [0.15, 0.2) is 42.6 Å². The van der Waals surface area contributed by atoms with Crippen molar-refractivity contribution in [1.29, 1.82) is 0 Å². The third kappa shape index (κ3) is 3.59. The van der Waals surface area contributed by atoms with Gasteiger partial charge in [-0.05, 0) is 30.2 Å². The third-order valence-electron chi connectivity index (χ3n) is 5.67. The van der Waals surface area contributed by atoms with Crippen LogP contribution in [0.3, 0.4) is 0 Å². The number of imide groups is 1. The van der Waals surface area contributed by atoms with Crippen molar-refractivity contribution in [2.24, 2.45) is 0 Å². The predicted molar refractivity (Wildman–Crippen MR) is 111 cm³/mol. The fourth-order valence-corrected chi connectivity index (χ4v) is 4.07. The number of aromatic nitrogens is 4. The number of carbonyl (C=O) groups excluding carboxylic acids is 3. The summed E-state index contributed by atoms with van der Waals surface area (Å²) in [5.74, 6) is -0.387. The number of rotatable bonds is 5. The fourth-order valence-electron chi connectivity index (χ4n) is 4.07. The molecule has 1 unspecified atom stereocenters. The molecule has 0 aliphatic carbocycles. The second kappa shape index (κ2) is 7.88. The molecule has 10 nitrogen and oxygen atoms in total. The molecule has 10 heteroatoms. The van der Waals surface area contributed by atoms with E-state index in [4.69, 9.17) is 4.74 Å². The minimum atomic E-state index is -0.632. The summed E-state index contributed by atoms with van der Waals surface area (Å²) in [5.41, 5.74) is 3.67. The van der Waals surface area contributed by atoms with Crippen LogP contribution in [0.4, 0.5) is 0 Å². The van der Waals surface area contributed by atoms with Crippen molar-refractivity contribution in [2.75, 3.05) is 7.11 Å². The molecule has 1 atom stereocenters. The first kappa shape index (κ1) is 19.9. The van der Waals surface area contributed by atoms with Crippen LogP contribution < -0.4 is 10.1 Å². The van der Waals surface area contributed by atoms with Gasteiger partial charge in [0.2, 0.25) is 17.7 Å². The van der Waals surface area contributed by atoms with E-state index in [1.165, 1.54) is 4.90 Å². The zero-order chi connectivity index (χ0) is 22.2. The highest BCUT2D eigenvalue weighted by Crippen LogP contribution is 2.30. The number of nitrogens with one attached hydrogen (secondary N) is 1. The number of carbonyl (C=O) groups is 3. The van der Waals surface area contributed by atoms with Crippen molar-refractivity contribution >= 4 is 17.7 Å². The van der Waals surface area contributed by atoms with E-state index in [2.05, 4.69) is 20.6 Å². The normalized spacial score (nSPS) is 18.0. The molecule has 1 aromatic carbocycles. The lowest BCUT2D eigenvalue weighted by atomic mass is 10.0. The number of fused-ring (bicyclic) bond motifs is 1. The van der Waals surface area contributed by atoms with Crippen LogP contribution in [0, 0.1) is 0 Å². The van der Waals surface area contributed by atoms with Crippen LogP contribution >= 0.6 is 0 Å². The van der Waals surface area contributed by atoms with Crippen molar-refractivity contribution in [3.63, 3.8) is 0 Å². The standard InChI is InChI=1S/C22H20N6O4/c1-32-20-4-2-3-15(23-20)11-27-12-17(25-26-27)13-5-6-16-14(9-13)10-28(22(16)31)18-7-8-19(29)24-21(18)30/h2-6,9,12,18H,7-8,10-11H2,1H3,(H,24,29,30). The molecule has 0 saturated carbocycles. The fraction of sp³-hybridized carbons (Fsp3) is 0.273. The Kier molecular flexibility index (Phi) is 4.89. The molecule has 2 aliphatic heterocycles. The van der Waals surface area contributed by atoms with E-state index in [1.54, 1.807) is 23.9 Å². The first-order valence-corrected chi connectivity index (χ1v) is 10.2. The molecule has 0 bridgehead atoms. The number of hydrogen-bond acceptors (Lipinski definition) is 7. The molecule has 1 N–H and O–H groups in total. The number of ether oxygens (including phenoxy) is 1. The summed E-state index contributed by atoms with van der Waals surface area (Å²) < 4.78 is 6.84. The lowest BCUT2D eigenvalue weighted by molar-refractivity contribution is -0.136. The molecule has 1 fully saturated rings. The molecule has 3 aromatic rings. The highest BCUT2D eigenvalue weighted by Gasteiger charge is 2.39. The van der Waals surface area contributed by atoms with E-state index < -0.39 is 11.9 Å². The Balaban J connectivity index is 1.34. The molecule has 5 rings (SSSR count). The summed E-state index contributed by atoms with van der Waals surface area (Å²) in [7, 11) is 1.57. The largest absolute Gasteiger partial charge is 0.481 e. The summed E-state index contributed by atoms with van der Waals surface area (Å²) in [6.45, 7) is 0.757. The Morgan fingerprint density at radius 1 is 1.19 bits per heavy atom. The quantitative estimate of drug-likeness (QED) is 0.601. The number of methoxy groups -OCH3 is 1. The van der Waals surface area contributed by atoms with Gasteiger partial charge in [-0.2, -0.15) is 0 Å². The molecule has 3 amide bonds. The molecular weight excluding hydrogens is 412 g/mol. The summed E-state index contributed by atoms with van der Waals surface area (Å²) in [5, 5.41) is 10.7. The number of nitrogens with zero attached hydrogens (tertiary/aromatic N) is 5. The van der Waals surface area contributed by atoms with Gasteiger partial charge in [0.05, 0.1) is 25.5 Å². The number of amides is 3. The SMILES string of the molecule is COc1cccc(Cn2cc(-c3ccc4c(c3)CN(C3CCC(=O)NC3=O)C4=O)nn2)n1. The van der Waals surface area contributed by atoms with Gasteiger partial charge in [0.15, 0.2) is 0 Å². The number of hydrogen-bond donors (Lipinski definition) is 1. The predicted octanol–water partition coefficient (Wildman–Crippen LogP) is 1.16. The molecular formula is C22H20N6O4. The number of pyridine rings is 1. The van der Waals surface area contributed by atoms with Crippen molar-refractivity contribution in [2.45, 2.75) is 32.0 Å². The number of benzene rings is 1. The molecule has 0 spiro atoms. The van der Waals surface area contributed by atoms with Gasteiger partial charge in [-0.15, -0.1) is 5.10 Å². The van der Waals surface area contributed by atoms with Gasteiger partial charge in [0.1, 0.15) is 11.7 Å². The second-order valence-corrected chi connectivity index (χ2v) is 7.74. The first-order chi connectivity index (χ1) is 15.5. The van der Waals surface area contributed by atoms with E-state index in [0.29, 0.717) is 36.6 Å². The Hall–Kier alpha value is -4.08. The Labute approximate surface area is 183 Å². The van der Waals surface area contributed by atoms with E-state index in [9.17, 15) is 14.4 Å². The molecule has 2 aromatic heterocycles. The van der Waals surface area contributed by atoms with Crippen LogP contribution in [0.5, 0.6) is 5.88 Å². The highest BCUT2D eigenvalue weighted by molar-refractivity contribution is 6.05. The average Bonchev–Trinajstić information content (AvgIpc) is 3.38. The maximum Gasteiger partial charge on any atom is 0.255 e. The molecule has 0 radical (unpaired) electrons. The minimum absolute atomic E-state index is 0.200. The Morgan fingerprint density at radius 2 is 2.06 bits per heavy atom. The summed E-state index contributed by atoms with van der Waals surface area (Å²) in [6, 6.07) is 10.4. The molecule has 1 saturated heterocycles. The zero-order valence-electron chi connectivity index (χ0n) is 17.3. The van der Waals surface area contributed by atoms with Gasteiger partial charge in [0, 0.05) is 30.2 Å². The van der Waals surface area contributed by atoms with Gasteiger partial charge >= 0.3 is 0 Å². The van der Waals surface area contributed by atoms with Crippen LogP contribution in [-0.4, -0.2) is 55.8 Å². The zero-order valence-corrected chi connectivity index (χ0v) is 17.3. The Bertz CT molecular complexity index is 1240. The van der Waals surface area contributed by atoms with E-state index in [1.807, 2.05) is 30.5 Å². The van der Waals surface area contributed by atoms with Gasteiger partial charge < -0.3 is 9.64 Å². The summed E-state index contributed by atoms with van der Waals surface area (Å²) in [4.78, 5) is 42.4. The summed E-state index contributed by atoms with van der Waals surface area (Å²) in [6.07, 6.45) is 2.38. The number of piperidine rings is 1. The van der Waals surface area contributed by atoms with Crippen molar-refractivity contribution in [3.05, 3.63) is 59.4 Å². The maximum absolute atomic E-state index is 12.8. The monoisotopic (exact) mass is 432 g/mol. The van der Waals surface area contributed by atoms with Crippen LogP contribution in [0.25, 0.3) is 11.3 Å². The topological polar surface area (TPSA) is 119 Å². The first-order valence-electron chi connectivity index (χ1n) is 10.2. The maximum atomic E-state index is 12.8. The third-order valence-corrected chi connectivity index (χ3v) is 5.67. The van der Waals surface area contributed by atoms with Crippen molar-refractivity contribution in [3.8, 4) is 17.1 Å². The van der Waals surface area contributed by atoms with Gasteiger partial charge in [-0.25, -0.2) is 9.67 Å². The van der Waals surface area contributed by atoms with Crippen molar-refractivity contribution in [1.82, 2.24) is 30.2 Å². The summed E-state index contributed by atoms with van der Waals surface area (Å²) >= 11 is 0. The van der Waals surface area contributed by atoms with Crippen LogP contribution in [0.2, 0.25) is 0 Å². The van der Waals surface area contributed by atoms with E-state index in [-0.39, 0.29) is 18.2 Å². The second-order valence-electron chi connectivity index (χ2n) is 7.74. The average molecular weight is 432 g/mol. The van der Waals surface area contributed by atoms with Gasteiger partial charge in [-0.3, -0.25) is 19.7 Å². The lowest BCUT2D eigenvalue weighted by Crippen LogP contribution is -2.52. The molecule has 4 heterocycles. The van der Waals surface area contributed by atoms with E-state index >= 15 is 0 Å². The van der Waals surface area contributed by atoms with Crippen LogP contribution in [0.1, 0.15) is 34.5 Å². The van der Waals surface area contributed by atoms with Crippen molar-refractivity contribution < 1.29 is 19.1 Å². The minimum Gasteiger partial charge on any atom is -0.481 e. The lowest BCUT2D eigenvalue weighted by Gasteiger charge is -2.29. The molecule has 2 aliphatic rings. The smallest absolute Gasteiger partial charge is 0.255 e. The molecule has 162 valence electrons. The van der Waals surface area contributed by atoms with Gasteiger partial charge in [0.25, 0.3) is 5.91 Å². The van der Waals surface area contributed by atoms with E-state index in [0.717, 1.165) is 16.8 Å². The Morgan fingerprint density at radius 3 is 2.88 bits per heavy atom. The molecule has 32 heavy (non-hydrogen) atoms. The highest BCUT2D eigenvalue weighted by atomic mass is 16.5.